The Morgan fingerprint density at radius 1 is 0.452 bits per heavy atom. The Hall–Kier alpha value is -6.86. The van der Waals surface area contributed by atoms with Crippen molar-refractivity contribution in [1.82, 2.24) is 29.4 Å². The molecule has 0 bridgehead atoms. The van der Waals surface area contributed by atoms with Crippen LogP contribution in [0.15, 0.2) is 153 Å². The molecule has 316 valence electrons. The van der Waals surface area contributed by atoms with Crippen molar-refractivity contribution in [1.29, 1.82) is 0 Å². The normalized spacial score (nSPS) is 14.8. The molecular weight excluding hydrogens is 837 g/mol. The molecule has 8 aromatic rings. The van der Waals surface area contributed by atoms with Crippen LogP contribution in [0.1, 0.15) is 48.1 Å². The molecule has 0 unspecified atom stereocenters. The molecule has 0 aliphatic carbocycles. The van der Waals surface area contributed by atoms with Gasteiger partial charge in [0, 0.05) is 60.5 Å². The number of furan rings is 2. The van der Waals surface area contributed by atoms with Gasteiger partial charge in [0.25, 0.3) is 0 Å². The van der Waals surface area contributed by atoms with Crippen LogP contribution in [0.4, 0.5) is 0 Å². The third-order valence-electron chi connectivity index (χ3n) is 9.75. The zero-order valence-electron chi connectivity index (χ0n) is 32.8. The van der Waals surface area contributed by atoms with Gasteiger partial charge in [-0.3, -0.25) is 0 Å². The van der Waals surface area contributed by atoms with E-state index >= 15 is 0 Å². The van der Waals surface area contributed by atoms with E-state index in [1.165, 1.54) is 24.3 Å². The highest BCUT2D eigenvalue weighted by Crippen LogP contribution is 2.35. The first-order valence-electron chi connectivity index (χ1n) is 19.5. The fourth-order valence-corrected chi connectivity index (χ4v) is 9.11. The van der Waals surface area contributed by atoms with E-state index in [0.29, 0.717) is 72.1 Å². The molecule has 2 atom stereocenters. The number of sulfonamides is 2. The van der Waals surface area contributed by atoms with Gasteiger partial charge in [-0.05, 0) is 60.7 Å². The molecule has 62 heavy (non-hydrogen) atoms. The molecule has 0 fully saturated rings. The first kappa shape index (κ1) is 40.5. The van der Waals surface area contributed by atoms with Gasteiger partial charge in [-0.1, -0.05) is 36.4 Å². The number of hydrogen-bond donors (Lipinski definition) is 2. The molecular formula is C44H38N6O10S2. The molecule has 2 aliphatic heterocycles. The molecule has 16 nitrogen and oxygen atoms in total. The van der Waals surface area contributed by atoms with Crippen molar-refractivity contribution < 1.29 is 44.6 Å². The summed E-state index contributed by atoms with van der Waals surface area (Å²) < 4.78 is 92.8. The summed E-state index contributed by atoms with van der Waals surface area (Å²) in [7, 11) is -7.93. The first-order valence-corrected chi connectivity index (χ1v) is 22.5. The molecule has 0 spiro atoms. The van der Waals surface area contributed by atoms with Crippen LogP contribution in [-0.2, 0) is 20.0 Å². The number of para-hydroxylation sites is 2. The van der Waals surface area contributed by atoms with Crippen LogP contribution < -0.4 is 28.4 Å². The van der Waals surface area contributed by atoms with Crippen molar-refractivity contribution in [2.45, 2.75) is 34.7 Å². The minimum absolute atomic E-state index is 0.0498. The van der Waals surface area contributed by atoms with E-state index in [2.05, 4.69) is 29.4 Å². The van der Waals surface area contributed by atoms with Gasteiger partial charge >= 0.3 is 0 Å². The number of fused-ring (bicyclic) bond motifs is 4. The van der Waals surface area contributed by atoms with E-state index in [0.717, 1.165) is 23.6 Å². The summed E-state index contributed by atoms with van der Waals surface area (Å²) >= 11 is 0. The number of nitrogens with zero attached hydrogens (tertiary/aromatic N) is 4. The fourth-order valence-electron chi connectivity index (χ4n) is 6.75. The van der Waals surface area contributed by atoms with Crippen LogP contribution in [0.2, 0.25) is 0 Å². The Labute approximate surface area is 356 Å². The van der Waals surface area contributed by atoms with Gasteiger partial charge in [-0.15, -0.1) is 0 Å². The molecule has 4 aromatic heterocycles. The molecule has 4 aromatic carbocycles. The highest BCUT2D eigenvalue weighted by Gasteiger charge is 2.30. The zero-order chi connectivity index (χ0) is 42.5. The Balaban J connectivity index is 0.000000158. The van der Waals surface area contributed by atoms with Crippen LogP contribution in [-0.4, -0.2) is 63.2 Å². The van der Waals surface area contributed by atoms with Crippen molar-refractivity contribution in [2.24, 2.45) is 0 Å². The Morgan fingerprint density at radius 2 is 0.839 bits per heavy atom. The van der Waals surface area contributed by atoms with E-state index in [4.69, 9.17) is 27.8 Å². The number of rotatable bonds is 10. The topological polar surface area (TPSA) is 207 Å². The maximum absolute atomic E-state index is 13.3. The number of benzene rings is 4. The van der Waals surface area contributed by atoms with Crippen LogP contribution >= 0.6 is 0 Å². The molecule has 2 aliphatic rings. The lowest BCUT2D eigenvalue weighted by Gasteiger charge is -2.16. The second-order valence-corrected chi connectivity index (χ2v) is 17.4. The summed E-state index contributed by atoms with van der Waals surface area (Å²) in [6.45, 7) is 1.97. The predicted molar refractivity (Wildman–Crippen MR) is 225 cm³/mol. The molecule has 6 heterocycles. The Bertz CT molecular complexity index is 2780. The second kappa shape index (κ2) is 17.6. The average molecular weight is 875 g/mol. The molecule has 0 amide bonds. The lowest BCUT2D eigenvalue weighted by Crippen LogP contribution is -2.30. The summed E-state index contributed by atoms with van der Waals surface area (Å²) in [4.78, 5) is 17.1. The fraction of sp³-hybridized carbons (Fsp3) is 0.182. The quantitative estimate of drug-likeness (QED) is 0.143. The van der Waals surface area contributed by atoms with Gasteiger partial charge < -0.3 is 27.8 Å². The molecule has 0 radical (unpaired) electrons. The predicted octanol–water partition coefficient (Wildman–Crippen LogP) is 6.90. The van der Waals surface area contributed by atoms with Gasteiger partial charge in [-0.25, -0.2) is 36.8 Å². The maximum atomic E-state index is 13.3. The number of ether oxygens (including phenoxy) is 4. The lowest BCUT2D eigenvalue weighted by atomic mass is 10.2. The van der Waals surface area contributed by atoms with Crippen LogP contribution in [0.3, 0.4) is 0 Å². The molecule has 10 rings (SSSR count). The Morgan fingerprint density at radius 3 is 1.24 bits per heavy atom. The van der Waals surface area contributed by atoms with E-state index in [1.807, 2.05) is 48.5 Å². The minimum Gasteiger partial charge on any atom is -0.490 e. The highest BCUT2D eigenvalue weighted by molar-refractivity contribution is 7.89. The van der Waals surface area contributed by atoms with Crippen molar-refractivity contribution in [3.63, 3.8) is 0 Å². The van der Waals surface area contributed by atoms with Crippen molar-refractivity contribution >= 4 is 42.0 Å². The van der Waals surface area contributed by atoms with E-state index in [9.17, 15) is 16.8 Å². The van der Waals surface area contributed by atoms with E-state index < -0.39 is 32.1 Å². The summed E-state index contributed by atoms with van der Waals surface area (Å²) in [5.74, 6) is 3.19. The number of nitrogens with one attached hydrogen (secondary N) is 2. The largest absolute Gasteiger partial charge is 0.490 e. The second-order valence-electron chi connectivity index (χ2n) is 14.0. The molecule has 0 saturated heterocycles. The van der Waals surface area contributed by atoms with Crippen LogP contribution in [0, 0.1) is 0 Å². The minimum atomic E-state index is -3.96. The Kier molecular flexibility index (Phi) is 11.5. The highest BCUT2D eigenvalue weighted by atomic mass is 32.2. The van der Waals surface area contributed by atoms with Crippen LogP contribution in [0.5, 0.6) is 23.0 Å². The van der Waals surface area contributed by atoms with E-state index in [-0.39, 0.29) is 21.4 Å². The van der Waals surface area contributed by atoms with Crippen molar-refractivity contribution in [3.8, 4) is 23.0 Å². The van der Waals surface area contributed by atoms with Gasteiger partial charge in [0.2, 0.25) is 20.0 Å². The maximum Gasteiger partial charge on any atom is 0.241 e. The zero-order valence-corrected chi connectivity index (χ0v) is 34.4. The molecule has 0 saturated carbocycles. The standard InChI is InChI=1S/2C22H19N3O5S/c2*26-31(27,16-7-8-18-19(14-16)29-12-4-11-28-18)25-21(22-23-9-3-10-24-22)20-13-15-5-1-2-6-17(15)30-20/h2*1-3,5-10,13-14,21,25H,4,11-12H2/t2*21-/m10/s1. The number of aromatic nitrogens is 4. The molecule has 2 N–H and O–H groups in total. The van der Waals surface area contributed by atoms with Crippen molar-refractivity contribution in [3.05, 3.63) is 157 Å². The first-order chi connectivity index (χ1) is 30.2. The third kappa shape index (κ3) is 8.94. The van der Waals surface area contributed by atoms with Gasteiger partial charge in [0.05, 0.1) is 36.2 Å². The van der Waals surface area contributed by atoms with E-state index in [1.54, 1.807) is 61.2 Å². The van der Waals surface area contributed by atoms with Gasteiger partial charge in [-0.2, -0.15) is 9.44 Å². The smallest absolute Gasteiger partial charge is 0.241 e. The van der Waals surface area contributed by atoms with Gasteiger partial charge in [0.1, 0.15) is 34.8 Å². The summed E-state index contributed by atoms with van der Waals surface area (Å²) in [5, 5.41) is 1.71. The monoisotopic (exact) mass is 874 g/mol. The average Bonchev–Trinajstić information content (AvgIpc) is 3.75. The molecule has 18 heteroatoms. The summed E-state index contributed by atoms with van der Waals surface area (Å²) in [5.41, 5.74) is 1.29. The third-order valence-corrected chi connectivity index (χ3v) is 12.6. The lowest BCUT2D eigenvalue weighted by molar-refractivity contribution is 0.296. The summed E-state index contributed by atoms with van der Waals surface area (Å²) in [6, 6.07) is 29.1. The van der Waals surface area contributed by atoms with Gasteiger partial charge in [0.15, 0.2) is 34.6 Å². The summed E-state index contributed by atoms with van der Waals surface area (Å²) in [6.07, 6.45) is 7.68. The SMILES string of the molecule is O=S(=O)(N[C@@H](c1ncccn1)c1cc2ccccc2o1)c1ccc2c(c1)OCCCO2.O=S(=O)(N[C@H](c1ncccn1)c1cc2ccccc2o1)c1ccc2c(c1)OCCCO2. The number of hydrogen-bond acceptors (Lipinski definition) is 14. The van der Waals surface area contributed by atoms with Crippen molar-refractivity contribution in [2.75, 3.05) is 26.4 Å². The van der Waals surface area contributed by atoms with Crippen LogP contribution in [0.25, 0.3) is 21.9 Å².